The normalized spacial score (nSPS) is 15.1. The minimum atomic E-state index is -1.12. The van der Waals surface area contributed by atoms with Crippen molar-refractivity contribution in [1.29, 1.82) is 0 Å². The molecule has 37 heavy (non-hydrogen) atoms. The van der Waals surface area contributed by atoms with Crippen molar-refractivity contribution in [2.45, 2.75) is 13.0 Å². The SMILES string of the molecule is C=C(COc1ccc(/C=C2\SC(=S)N(CC(=O)O)C2=O)cc1OC(C)c1ccccc1)c1ccccc1. The fourth-order valence-electron chi connectivity index (χ4n) is 3.65. The number of amides is 1. The molecule has 0 aliphatic carbocycles. The fourth-order valence-corrected chi connectivity index (χ4v) is 4.91. The van der Waals surface area contributed by atoms with Gasteiger partial charge >= 0.3 is 5.97 Å². The molecule has 1 amide bonds. The van der Waals surface area contributed by atoms with Gasteiger partial charge in [0.1, 0.15) is 23.6 Å². The van der Waals surface area contributed by atoms with Crippen LogP contribution in [0.4, 0.5) is 0 Å². The van der Waals surface area contributed by atoms with Crippen LogP contribution in [0, 0.1) is 0 Å². The van der Waals surface area contributed by atoms with Crippen molar-refractivity contribution in [3.8, 4) is 11.5 Å². The Morgan fingerprint density at radius 3 is 2.43 bits per heavy atom. The van der Waals surface area contributed by atoms with Crippen molar-refractivity contribution >= 4 is 51.8 Å². The Balaban J connectivity index is 1.59. The fraction of sp³-hybridized carbons (Fsp3) is 0.138. The second-order valence-electron chi connectivity index (χ2n) is 8.30. The minimum Gasteiger partial charge on any atom is -0.485 e. The summed E-state index contributed by atoms with van der Waals surface area (Å²) in [6, 6.07) is 25.0. The topological polar surface area (TPSA) is 76.1 Å². The molecule has 1 fully saturated rings. The molecule has 1 aliphatic rings. The van der Waals surface area contributed by atoms with Gasteiger partial charge in [-0.3, -0.25) is 14.5 Å². The zero-order chi connectivity index (χ0) is 26.4. The van der Waals surface area contributed by atoms with Crippen molar-refractivity contribution in [3.63, 3.8) is 0 Å². The molecule has 188 valence electrons. The molecule has 0 spiro atoms. The van der Waals surface area contributed by atoms with Crippen LogP contribution in [-0.4, -0.2) is 39.4 Å². The summed E-state index contributed by atoms with van der Waals surface area (Å²) in [7, 11) is 0. The van der Waals surface area contributed by atoms with Crippen LogP contribution >= 0.6 is 24.0 Å². The number of carbonyl (C=O) groups excluding carboxylic acids is 1. The van der Waals surface area contributed by atoms with Gasteiger partial charge < -0.3 is 14.6 Å². The molecule has 3 aromatic rings. The van der Waals surface area contributed by atoms with Gasteiger partial charge in [0.2, 0.25) is 0 Å². The third-order valence-electron chi connectivity index (χ3n) is 5.59. The van der Waals surface area contributed by atoms with Crippen LogP contribution in [0.5, 0.6) is 11.5 Å². The maximum absolute atomic E-state index is 12.7. The van der Waals surface area contributed by atoms with E-state index in [0.29, 0.717) is 22.0 Å². The lowest BCUT2D eigenvalue weighted by atomic mass is 10.1. The molecule has 1 atom stereocenters. The first-order valence-electron chi connectivity index (χ1n) is 11.5. The zero-order valence-electron chi connectivity index (χ0n) is 20.1. The van der Waals surface area contributed by atoms with E-state index in [1.165, 1.54) is 0 Å². The van der Waals surface area contributed by atoms with Crippen LogP contribution in [0.1, 0.15) is 29.7 Å². The standard InChI is InChI=1S/C29H25NO5S2/c1-19(22-9-5-3-6-10-22)18-34-24-14-13-21(15-25(24)35-20(2)23-11-7-4-8-12-23)16-26-28(33)30(17-27(31)32)29(36)37-26/h3-16,20H,1,17-18H2,2H3,(H,31,32)/b26-16-. The second kappa shape index (κ2) is 11.9. The van der Waals surface area contributed by atoms with E-state index >= 15 is 0 Å². The van der Waals surface area contributed by atoms with E-state index < -0.39 is 18.4 Å². The van der Waals surface area contributed by atoms with E-state index in [-0.39, 0.29) is 17.0 Å². The molecule has 1 saturated heterocycles. The highest BCUT2D eigenvalue weighted by Gasteiger charge is 2.33. The lowest BCUT2D eigenvalue weighted by Gasteiger charge is -2.19. The van der Waals surface area contributed by atoms with Gasteiger partial charge in [0.15, 0.2) is 11.5 Å². The van der Waals surface area contributed by atoms with Gasteiger partial charge in [-0.1, -0.05) is 97.3 Å². The Morgan fingerprint density at radius 1 is 1.08 bits per heavy atom. The van der Waals surface area contributed by atoms with Gasteiger partial charge in [-0.25, -0.2) is 0 Å². The van der Waals surface area contributed by atoms with Crippen LogP contribution in [-0.2, 0) is 9.59 Å². The molecule has 0 aromatic heterocycles. The number of ether oxygens (including phenoxy) is 2. The molecule has 1 N–H and O–H groups in total. The van der Waals surface area contributed by atoms with Crippen LogP contribution in [0.3, 0.4) is 0 Å². The third kappa shape index (κ3) is 6.67. The summed E-state index contributed by atoms with van der Waals surface area (Å²) in [6.45, 7) is 5.88. The molecule has 8 heteroatoms. The first kappa shape index (κ1) is 26.2. The van der Waals surface area contributed by atoms with E-state index in [2.05, 4.69) is 6.58 Å². The Morgan fingerprint density at radius 2 is 1.76 bits per heavy atom. The lowest BCUT2D eigenvalue weighted by molar-refractivity contribution is -0.140. The van der Waals surface area contributed by atoms with E-state index in [9.17, 15) is 9.59 Å². The summed E-state index contributed by atoms with van der Waals surface area (Å²) in [5.41, 5.74) is 3.51. The maximum Gasteiger partial charge on any atom is 0.323 e. The number of carbonyl (C=O) groups is 2. The molecule has 1 heterocycles. The summed E-state index contributed by atoms with van der Waals surface area (Å²) < 4.78 is 12.6. The first-order chi connectivity index (χ1) is 17.8. The smallest absolute Gasteiger partial charge is 0.323 e. The molecule has 0 saturated carbocycles. The summed E-state index contributed by atoms with van der Waals surface area (Å²) in [4.78, 5) is 25.2. The zero-order valence-corrected chi connectivity index (χ0v) is 21.8. The summed E-state index contributed by atoms with van der Waals surface area (Å²) >= 11 is 6.27. The third-order valence-corrected chi connectivity index (χ3v) is 6.97. The van der Waals surface area contributed by atoms with Crippen molar-refractivity contribution in [1.82, 2.24) is 4.90 Å². The van der Waals surface area contributed by atoms with Crippen LogP contribution in [0.25, 0.3) is 11.6 Å². The van der Waals surface area contributed by atoms with Crippen molar-refractivity contribution in [2.75, 3.05) is 13.2 Å². The highest BCUT2D eigenvalue weighted by molar-refractivity contribution is 8.26. The predicted octanol–water partition coefficient (Wildman–Crippen LogP) is 6.20. The Labute approximate surface area is 225 Å². The molecule has 6 nitrogen and oxygen atoms in total. The summed E-state index contributed by atoms with van der Waals surface area (Å²) in [6.07, 6.45) is 1.42. The Bertz CT molecular complexity index is 1360. The molecular formula is C29H25NO5S2. The van der Waals surface area contributed by atoms with Gasteiger partial charge in [-0.2, -0.15) is 0 Å². The number of carboxylic acids is 1. The Kier molecular flexibility index (Phi) is 8.43. The average Bonchev–Trinajstić information content (AvgIpc) is 3.15. The number of aliphatic carboxylic acids is 1. The highest BCUT2D eigenvalue weighted by atomic mass is 32.2. The first-order valence-corrected chi connectivity index (χ1v) is 12.7. The number of thioether (sulfide) groups is 1. The predicted molar refractivity (Wildman–Crippen MR) is 150 cm³/mol. The highest BCUT2D eigenvalue weighted by Crippen LogP contribution is 2.36. The molecule has 3 aromatic carbocycles. The maximum atomic E-state index is 12.7. The Hall–Kier alpha value is -3.88. The average molecular weight is 532 g/mol. The van der Waals surface area contributed by atoms with Crippen LogP contribution in [0.2, 0.25) is 0 Å². The molecular weight excluding hydrogens is 506 g/mol. The van der Waals surface area contributed by atoms with Gasteiger partial charge in [-0.15, -0.1) is 0 Å². The number of benzene rings is 3. The molecule has 0 bridgehead atoms. The van der Waals surface area contributed by atoms with Gasteiger partial charge in [0.25, 0.3) is 5.91 Å². The van der Waals surface area contributed by atoms with Crippen molar-refractivity contribution in [2.24, 2.45) is 0 Å². The number of hydrogen-bond donors (Lipinski definition) is 1. The minimum absolute atomic E-state index is 0.215. The summed E-state index contributed by atoms with van der Waals surface area (Å²) in [5.74, 6) is -0.513. The molecule has 0 radical (unpaired) electrons. The monoisotopic (exact) mass is 531 g/mol. The van der Waals surface area contributed by atoms with Gasteiger partial charge in [0.05, 0.1) is 4.91 Å². The van der Waals surface area contributed by atoms with Crippen LogP contribution < -0.4 is 9.47 Å². The van der Waals surface area contributed by atoms with E-state index in [4.69, 9.17) is 26.8 Å². The van der Waals surface area contributed by atoms with Crippen LogP contribution in [0.15, 0.2) is 90.3 Å². The quantitative estimate of drug-likeness (QED) is 0.246. The summed E-state index contributed by atoms with van der Waals surface area (Å²) in [5, 5.41) is 9.07. The number of hydrogen-bond acceptors (Lipinski definition) is 6. The van der Waals surface area contributed by atoms with E-state index in [1.807, 2.05) is 73.7 Å². The van der Waals surface area contributed by atoms with Crippen molar-refractivity contribution in [3.05, 3.63) is 107 Å². The number of carboxylic acid groups (broad SMARTS) is 1. The lowest BCUT2D eigenvalue weighted by Crippen LogP contribution is -2.33. The number of rotatable bonds is 10. The molecule has 1 aliphatic heterocycles. The van der Waals surface area contributed by atoms with Gasteiger partial charge in [0, 0.05) is 0 Å². The number of thiocarbonyl (C=S) groups is 1. The second-order valence-corrected chi connectivity index (χ2v) is 9.97. The van der Waals surface area contributed by atoms with Gasteiger partial charge in [-0.05, 0) is 47.4 Å². The van der Waals surface area contributed by atoms with Crippen molar-refractivity contribution < 1.29 is 24.2 Å². The molecule has 4 rings (SSSR count). The van der Waals surface area contributed by atoms with E-state index in [1.54, 1.807) is 18.2 Å². The largest absolute Gasteiger partial charge is 0.485 e. The van der Waals surface area contributed by atoms with E-state index in [0.717, 1.165) is 33.4 Å². The number of nitrogens with zero attached hydrogens (tertiary/aromatic N) is 1. The molecule has 1 unspecified atom stereocenters.